The number of hydrogen-bond donors (Lipinski definition) is 1. The van der Waals surface area contributed by atoms with E-state index < -0.39 is 0 Å². The summed E-state index contributed by atoms with van der Waals surface area (Å²) in [7, 11) is 0. The third-order valence-corrected chi connectivity index (χ3v) is 3.22. The highest BCUT2D eigenvalue weighted by Crippen LogP contribution is 2.22. The molecule has 0 saturated heterocycles. The molecule has 0 bridgehead atoms. The molecule has 1 N–H and O–H groups in total. The molecule has 0 atom stereocenters. The Morgan fingerprint density at radius 2 is 2.06 bits per heavy atom. The zero-order valence-electron chi connectivity index (χ0n) is 9.46. The largest absolute Gasteiger partial charge is 0.326 e. The van der Waals surface area contributed by atoms with Gasteiger partial charge in [0.15, 0.2) is 0 Å². The van der Waals surface area contributed by atoms with Crippen molar-refractivity contribution in [2.45, 2.75) is 32.7 Å². The Balaban J connectivity index is 2.69. The first-order valence-corrected chi connectivity index (χ1v) is 5.95. The first-order valence-electron chi connectivity index (χ1n) is 5.57. The van der Waals surface area contributed by atoms with Crippen molar-refractivity contribution in [1.29, 1.82) is 0 Å². The van der Waals surface area contributed by atoms with Crippen LogP contribution >= 0.6 is 11.6 Å². The average molecular weight is 239 g/mol. The molecule has 0 aliphatic carbocycles. The smallest absolute Gasteiger partial charge is 0.305 e. The second kappa shape index (κ2) is 4.34. The summed E-state index contributed by atoms with van der Waals surface area (Å²) in [5, 5.41) is 0.644. The lowest BCUT2D eigenvalue weighted by Crippen LogP contribution is -2.21. The number of halogens is 1. The summed E-state index contributed by atoms with van der Waals surface area (Å²) in [6.07, 6.45) is 1.90. The minimum atomic E-state index is -0.0500. The van der Waals surface area contributed by atoms with Gasteiger partial charge in [0.05, 0.1) is 11.0 Å². The molecular weight excluding hydrogens is 224 g/mol. The first-order chi connectivity index (χ1) is 7.67. The molecule has 0 amide bonds. The van der Waals surface area contributed by atoms with Crippen molar-refractivity contribution in [3.05, 3.63) is 33.7 Å². The normalized spacial score (nSPS) is 11.5. The van der Waals surface area contributed by atoms with Crippen molar-refractivity contribution in [3.8, 4) is 0 Å². The van der Waals surface area contributed by atoms with Crippen molar-refractivity contribution < 1.29 is 0 Å². The summed E-state index contributed by atoms with van der Waals surface area (Å²) < 4.78 is 1.83. The van der Waals surface area contributed by atoms with Crippen LogP contribution in [0, 0.1) is 0 Å². The van der Waals surface area contributed by atoms with Gasteiger partial charge in [-0.25, -0.2) is 4.79 Å². The Bertz CT molecular complexity index is 552. The second-order valence-electron chi connectivity index (χ2n) is 3.93. The summed E-state index contributed by atoms with van der Waals surface area (Å²) in [6, 6.07) is 5.75. The molecule has 1 heterocycles. The zero-order chi connectivity index (χ0) is 11.7. The minimum absolute atomic E-state index is 0.0500. The Kier molecular flexibility index (Phi) is 3.06. The van der Waals surface area contributed by atoms with Gasteiger partial charge in [0.1, 0.15) is 0 Å². The highest BCUT2D eigenvalue weighted by molar-refractivity contribution is 6.31. The van der Waals surface area contributed by atoms with Crippen LogP contribution in [0.5, 0.6) is 0 Å². The minimum Gasteiger partial charge on any atom is -0.305 e. The average Bonchev–Trinajstić information content (AvgIpc) is 2.57. The van der Waals surface area contributed by atoms with Crippen LogP contribution in [0.1, 0.15) is 32.7 Å². The van der Waals surface area contributed by atoms with E-state index in [9.17, 15) is 4.79 Å². The summed E-state index contributed by atoms with van der Waals surface area (Å²) in [5.74, 6) is 0. The number of rotatable bonds is 3. The van der Waals surface area contributed by atoms with Gasteiger partial charge in [0.25, 0.3) is 0 Å². The van der Waals surface area contributed by atoms with Crippen LogP contribution in [0.3, 0.4) is 0 Å². The van der Waals surface area contributed by atoms with E-state index in [4.69, 9.17) is 11.6 Å². The fourth-order valence-corrected chi connectivity index (χ4v) is 2.29. The number of H-pyrrole nitrogens is 1. The van der Waals surface area contributed by atoms with Crippen LogP contribution in [0.25, 0.3) is 11.0 Å². The summed E-state index contributed by atoms with van der Waals surface area (Å²) >= 11 is 5.90. The van der Waals surface area contributed by atoms with E-state index in [-0.39, 0.29) is 11.7 Å². The Labute approximate surface area is 99.0 Å². The molecule has 1 aromatic heterocycles. The molecule has 1 aromatic carbocycles. The molecule has 4 heteroatoms. The number of benzene rings is 1. The van der Waals surface area contributed by atoms with Crippen molar-refractivity contribution >= 4 is 22.6 Å². The van der Waals surface area contributed by atoms with Crippen LogP contribution in [0.4, 0.5) is 0 Å². The predicted octanol–water partition coefficient (Wildman–Crippen LogP) is 3.34. The van der Waals surface area contributed by atoms with Gasteiger partial charge in [0, 0.05) is 11.1 Å². The quantitative estimate of drug-likeness (QED) is 0.875. The van der Waals surface area contributed by atoms with Gasteiger partial charge in [-0.15, -0.1) is 0 Å². The maximum atomic E-state index is 11.9. The number of hydrogen-bond acceptors (Lipinski definition) is 1. The molecule has 0 saturated carbocycles. The zero-order valence-corrected chi connectivity index (χ0v) is 10.2. The number of aromatic nitrogens is 2. The molecule has 0 radical (unpaired) electrons. The maximum Gasteiger partial charge on any atom is 0.326 e. The molecule has 0 spiro atoms. The van der Waals surface area contributed by atoms with Crippen LogP contribution < -0.4 is 5.69 Å². The van der Waals surface area contributed by atoms with Gasteiger partial charge in [-0.2, -0.15) is 0 Å². The molecular formula is C12H15ClN2O. The van der Waals surface area contributed by atoms with E-state index in [0.29, 0.717) is 5.02 Å². The SMILES string of the molecule is CCC(CC)n1c(=O)[nH]c2cc(Cl)ccc21. The van der Waals surface area contributed by atoms with E-state index in [1.807, 2.05) is 16.7 Å². The molecule has 0 aliphatic rings. The van der Waals surface area contributed by atoms with Gasteiger partial charge in [-0.3, -0.25) is 4.57 Å². The highest BCUT2D eigenvalue weighted by Gasteiger charge is 2.13. The molecule has 0 aliphatic heterocycles. The molecule has 3 nitrogen and oxygen atoms in total. The molecule has 86 valence electrons. The van der Waals surface area contributed by atoms with E-state index >= 15 is 0 Å². The molecule has 0 fully saturated rings. The Morgan fingerprint density at radius 1 is 1.38 bits per heavy atom. The monoisotopic (exact) mass is 238 g/mol. The molecule has 0 unspecified atom stereocenters. The summed E-state index contributed by atoms with van der Waals surface area (Å²) in [5.41, 5.74) is 1.69. The van der Waals surface area contributed by atoms with Gasteiger partial charge >= 0.3 is 5.69 Å². The molecule has 2 aromatic rings. The fraction of sp³-hybridized carbons (Fsp3) is 0.417. The van der Waals surface area contributed by atoms with Crippen molar-refractivity contribution in [2.24, 2.45) is 0 Å². The van der Waals surface area contributed by atoms with Crippen molar-refractivity contribution in [3.63, 3.8) is 0 Å². The summed E-state index contributed by atoms with van der Waals surface area (Å²) in [4.78, 5) is 14.7. The molecule has 16 heavy (non-hydrogen) atoms. The first kappa shape index (κ1) is 11.3. The summed E-state index contributed by atoms with van der Waals surface area (Å²) in [6.45, 7) is 4.19. The Morgan fingerprint density at radius 3 is 2.69 bits per heavy atom. The standard InChI is InChI=1S/C12H15ClN2O/c1-3-9(4-2)15-11-6-5-8(13)7-10(11)14-12(15)16/h5-7,9H,3-4H2,1-2H3,(H,14,16). The van der Waals surface area contributed by atoms with E-state index in [0.717, 1.165) is 23.9 Å². The van der Waals surface area contributed by atoms with Gasteiger partial charge in [0.2, 0.25) is 0 Å². The highest BCUT2D eigenvalue weighted by atomic mass is 35.5. The van der Waals surface area contributed by atoms with Gasteiger partial charge in [-0.1, -0.05) is 25.4 Å². The third-order valence-electron chi connectivity index (χ3n) is 2.99. The maximum absolute atomic E-state index is 11.9. The van der Waals surface area contributed by atoms with Gasteiger partial charge in [-0.05, 0) is 31.0 Å². The number of nitrogens with zero attached hydrogens (tertiary/aromatic N) is 1. The van der Waals surface area contributed by atoms with E-state index in [2.05, 4.69) is 18.8 Å². The van der Waals surface area contributed by atoms with Crippen LogP contribution in [-0.4, -0.2) is 9.55 Å². The number of aromatic amines is 1. The van der Waals surface area contributed by atoms with Crippen molar-refractivity contribution in [2.75, 3.05) is 0 Å². The van der Waals surface area contributed by atoms with Crippen LogP contribution in [-0.2, 0) is 0 Å². The van der Waals surface area contributed by atoms with Crippen LogP contribution in [0.15, 0.2) is 23.0 Å². The number of nitrogens with one attached hydrogen (secondary N) is 1. The lowest BCUT2D eigenvalue weighted by molar-refractivity contribution is 0.471. The van der Waals surface area contributed by atoms with Crippen LogP contribution in [0.2, 0.25) is 5.02 Å². The molecule has 2 rings (SSSR count). The Hall–Kier alpha value is -1.22. The predicted molar refractivity (Wildman–Crippen MR) is 67.2 cm³/mol. The van der Waals surface area contributed by atoms with Crippen molar-refractivity contribution in [1.82, 2.24) is 9.55 Å². The second-order valence-corrected chi connectivity index (χ2v) is 4.37. The number of imidazole rings is 1. The van der Waals surface area contributed by atoms with E-state index in [1.165, 1.54) is 0 Å². The fourth-order valence-electron chi connectivity index (χ4n) is 2.12. The lowest BCUT2D eigenvalue weighted by Gasteiger charge is -2.14. The van der Waals surface area contributed by atoms with Gasteiger partial charge < -0.3 is 4.98 Å². The number of fused-ring (bicyclic) bond motifs is 1. The lowest BCUT2D eigenvalue weighted by atomic mass is 10.1. The topological polar surface area (TPSA) is 37.8 Å². The van der Waals surface area contributed by atoms with E-state index in [1.54, 1.807) is 6.07 Å². The third kappa shape index (κ3) is 1.76.